The Bertz CT molecular complexity index is 1410. The van der Waals surface area contributed by atoms with Gasteiger partial charge in [-0.3, -0.25) is 24.2 Å². The molecule has 2 aromatic rings. The molecule has 8 nitrogen and oxygen atoms in total. The number of aryl methyl sites for hydroxylation is 1. The average molecular weight is 565 g/mol. The Morgan fingerprint density at radius 2 is 1.82 bits per heavy atom. The molecule has 3 aliphatic rings. The number of aliphatic hydroxyl groups excluding tert-OH is 1. The first-order valence-electron chi connectivity index (χ1n) is 12.8. The zero-order valence-corrected chi connectivity index (χ0v) is 23.1. The van der Waals surface area contributed by atoms with Gasteiger partial charge in [-0.1, -0.05) is 48.1 Å². The number of imide groups is 1. The Morgan fingerprint density at radius 1 is 1.08 bits per heavy atom. The van der Waals surface area contributed by atoms with Crippen LogP contribution in [0.3, 0.4) is 0 Å². The quantitative estimate of drug-likeness (QED) is 0.392. The smallest absolute Gasteiger partial charge is 0.263 e. The predicted molar refractivity (Wildman–Crippen MR) is 156 cm³/mol. The number of amides is 3. The van der Waals surface area contributed by atoms with Gasteiger partial charge >= 0.3 is 0 Å². The number of thiocarbonyl (C=S) groups is 1. The molecule has 0 saturated carbocycles. The third-order valence-corrected chi connectivity index (χ3v) is 7.81. The molecule has 1 atom stereocenters. The molecular formula is C29H29ClN4O4S. The topological polar surface area (TPSA) is 93.2 Å². The summed E-state index contributed by atoms with van der Waals surface area (Å²) in [6, 6.07) is 13.1. The van der Waals surface area contributed by atoms with Crippen LogP contribution >= 0.6 is 23.8 Å². The number of anilines is 2. The van der Waals surface area contributed by atoms with Gasteiger partial charge < -0.3 is 15.3 Å². The van der Waals surface area contributed by atoms with E-state index >= 15 is 0 Å². The van der Waals surface area contributed by atoms with Crippen LogP contribution in [-0.4, -0.2) is 82.9 Å². The summed E-state index contributed by atoms with van der Waals surface area (Å²) in [5, 5.41) is 14.0. The first kappa shape index (κ1) is 27.2. The molecule has 1 aliphatic carbocycles. The first-order chi connectivity index (χ1) is 18.7. The molecule has 1 saturated heterocycles. The summed E-state index contributed by atoms with van der Waals surface area (Å²) in [5.74, 6) is -1.54. The number of carbonyl (C=O) groups is 3. The molecule has 2 heterocycles. The highest BCUT2D eigenvalue weighted by molar-refractivity contribution is 7.81. The highest BCUT2D eigenvalue weighted by Gasteiger charge is 2.39. The second kappa shape index (κ2) is 11.4. The standard InChI is InChI=1S/C29H29ClN4O4S/c1-18-4-2-5-20(14-18)33-12-10-32(11-13-33)16-21(35)17-34-28(37)22-6-3-7-24(26(22)29(34)38)31-27(36)23-15-19(30)8-9-25(23)39/h2-8,14-15,21,35H,9-13,16-17H2,1H3,(H,31,36). The lowest BCUT2D eigenvalue weighted by atomic mass is 10.0. The highest BCUT2D eigenvalue weighted by Crippen LogP contribution is 2.30. The van der Waals surface area contributed by atoms with Crippen molar-refractivity contribution in [3.8, 4) is 0 Å². The van der Waals surface area contributed by atoms with Crippen molar-refractivity contribution in [2.75, 3.05) is 49.5 Å². The normalized spacial score (nSPS) is 18.6. The van der Waals surface area contributed by atoms with Crippen LogP contribution in [0.25, 0.3) is 0 Å². The van der Waals surface area contributed by atoms with Gasteiger partial charge in [-0.05, 0) is 42.8 Å². The number of nitrogens with zero attached hydrogens (tertiary/aromatic N) is 3. The lowest BCUT2D eigenvalue weighted by Crippen LogP contribution is -2.50. The van der Waals surface area contributed by atoms with Gasteiger partial charge in [0, 0.05) is 54.7 Å². The number of benzene rings is 2. The van der Waals surface area contributed by atoms with Gasteiger partial charge in [0.2, 0.25) is 0 Å². The Balaban J connectivity index is 1.21. The van der Waals surface area contributed by atoms with Crippen molar-refractivity contribution < 1.29 is 19.5 Å². The number of β-amino-alcohol motifs (C(OH)–C–C–N with tert-alkyl or cyclic N) is 1. The molecule has 10 heteroatoms. The molecule has 0 bridgehead atoms. The van der Waals surface area contributed by atoms with Gasteiger partial charge in [0.15, 0.2) is 0 Å². The second-order valence-electron chi connectivity index (χ2n) is 9.96. The van der Waals surface area contributed by atoms with Gasteiger partial charge in [0.05, 0.1) is 35.0 Å². The van der Waals surface area contributed by atoms with Crippen LogP contribution in [0.1, 0.15) is 32.7 Å². The Hall–Kier alpha value is -3.37. The first-order valence-corrected chi connectivity index (χ1v) is 13.6. The zero-order chi connectivity index (χ0) is 27.7. The molecule has 2 N–H and O–H groups in total. The molecule has 202 valence electrons. The number of nitrogens with one attached hydrogen (secondary N) is 1. The molecule has 5 rings (SSSR count). The summed E-state index contributed by atoms with van der Waals surface area (Å²) in [6.07, 6.45) is 2.68. The van der Waals surface area contributed by atoms with Gasteiger partial charge in [-0.25, -0.2) is 0 Å². The molecule has 3 amide bonds. The molecule has 39 heavy (non-hydrogen) atoms. The molecular weight excluding hydrogens is 536 g/mol. The van der Waals surface area contributed by atoms with E-state index in [0.717, 1.165) is 31.1 Å². The summed E-state index contributed by atoms with van der Waals surface area (Å²) in [4.78, 5) is 45.3. The van der Waals surface area contributed by atoms with Crippen molar-refractivity contribution >= 4 is 57.8 Å². The second-order valence-corrected chi connectivity index (χ2v) is 10.9. The number of aliphatic hydroxyl groups is 1. The Morgan fingerprint density at radius 3 is 2.56 bits per heavy atom. The fraction of sp³-hybridized carbons (Fsp3) is 0.310. The van der Waals surface area contributed by atoms with E-state index in [-0.39, 0.29) is 28.9 Å². The number of fused-ring (bicyclic) bond motifs is 1. The van der Waals surface area contributed by atoms with Crippen molar-refractivity contribution in [1.82, 2.24) is 9.80 Å². The highest BCUT2D eigenvalue weighted by atomic mass is 35.5. The van der Waals surface area contributed by atoms with Crippen molar-refractivity contribution in [3.63, 3.8) is 0 Å². The van der Waals surface area contributed by atoms with Crippen LogP contribution in [0.15, 0.2) is 65.2 Å². The average Bonchev–Trinajstić information content (AvgIpc) is 3.16. The lowest BCUT2D eigenvalue weighted by Gasteiger charge is -2.37. The number of piperazine rings is 1. The van der Waals surface area contributed by atoms with Gasteiger partial charge in [-0.15, -0.1) is 0 Å². The van der Waals surface area contributed by atoms with Gasteiger partial charge in [0.1, 0.15) is 0 Å². The van der Waals surface area contributed by atoms with Crippen LogP contribution < -0.4 is 10.2 Å². The minimum Gasteiger partial charge on any atom is -0.390 e. The third kappa shape index (κ3) is 5.81. The van der Waals surface area contributed by atoms with E-state index in [1.54, 1.807) is 24.3 Å². The molecule has 1 unspecified atom stereocenters. The van der Waals surface area contributed by atoms with Crippen molar-refractivity contribution in [2.45, 2.75) is 19.4 Å². The summed E-state index contributed by atoms with van der Waals surface area (Å²) < 4.78 is 0. The van der Waals surface area contributed by atoms with Crippen LogP contribution in [-0.2, 0) is 4.79 Å². The zero-order valence-electron chi connectivity index (χ0n) is 21.5. The van der Waals surface area contributed by atoms with Crippen molar-refractivity contribution in [2.24, 2.45) is 0 Å². The van der Waals surface area contributed by atoms with Crippen LogP contribution in [0.4, 0.5) is 11.4 Å². The minimum atomic E-state index is -0.908. The van der Waals surface area contributed by atoms with Gasteiger partial charge in [-0.2, -0.15) is 0 Å². The number of allylic oxidation sites excluding steroid dienone is 3. The number of hydrogen-bond donors (Lipinski definition) is 2. The molecule has 0 aromatic heterocycles. The fourth-order valence-corrected chi connectivity index (χ4v) is 5.56. The van der Waals surface area contributed by atoms with Crippen LogP contribution in [0.5, 0.6) is 0 Å². The molecule has 0 spiro atoms. The number of hydrogen-bond acceptors (Lipinski definition) is 7. The molecule has 2 aliphatic heterocycles. The van der Waals surface area contributed by atoms with Crippen LogP contribution in [0.2, 0.25) is 0 Å². The molecule has 1 fully saturated rings. The van der Waals surface area contributed by atoms with E-state index in [1.165, 1.54) is 17.3 Å². The van der Waals surface area contributed by atoms with E-state index in [4.69, 9.17) is 23.8 Å². The lowest BCUT2D eigenvalue weighted by molar-refractivity contribution is -0.112. The maximum atomic E-state index is 13.3. The summed E-state index contributed by atoms with van der Waals surface area (Å²) >= 11 is 11.3. The van der Waals surface area contributed by atoms with E-state index in [2.05, 4.69) is 46.3 Å². The van der Waals surface area contributed by atoms with E-state index in [1.807, 2.05) is 0 Å². The third-order valence-electron chi connectivity index (χ3n) is 7.16. The van der Waals surface area contributed by atoms with Crippen molar-refractivity contribution in [3.05, 3.63) is 81.9 Å². The fourth-order valence-electron chi connectivity index (χ4n) is 5.14. The monoisotopic (exact) mass is 564 g/mol. The number of rotatable bonds is 7. The largest absolute Gasteiger partial charge is 0.390 e. The maximum absolute atomic E-state index is 13.3. The summed E-state index contributed by atoms with van der Waals surface area (Å²) in [7, 11) is 0. The van der Waals surface area contributed by atoms with E-state index < -0.39 is 23.8 Å². The number of halogens is 1. The maximum Gasteiger partial charge on any atom is 0.263 e. The summed E-state index contributed by atoms with van der Waals surface area (Å²) in [6.45, 7) is 5.47. The minimum absolute atomic E-state index is 0.110. The predicted octanol–water partition coefficient (Wildman–Crippen LogP) is 3.54. The SMILES string of the molecule is Cc1cccc(N2CCN(CC(O)CN3C(=O)c4cccc(NC(=O)C5=CC(Cl)=CCC5=S)c4C3=O)CC2)c1. The van der Waals surface area contributed by atoms with E-state index in [0.29, 0.717) is 22.9 Å². The van der Waals surface area contributed by atoms with Gasteiger partial charge in [0.25, 0.3) is 17.7 Å². The summed E-state index contributed by atoms with van der Waals surface area (Å²) in [5.41, 5.74) is 3.17. The Labute approximate surface area is 237 Å². The molecule has 0 radical (unpaired) electrons. The number of carbonyl (C=O) groups excluding carboxylic acids is 3. The van der Waals surface area contributed by atoms with E-state index in [9.17, 15) is 19.5 Å². The molecule has 2 aromatic carbocycles. The Kier molecular flexibility index (Phi) is 7.95. The van der Waals surface area contributed by atoms with Crippen molar-refractivity contribution in [1.29, 1.82) is 0 Å². The van der Waals surface area contributed by atoms with Crippen LogP contribution in [0, 0.1) is 6.92 Å².